The number of benzene rings is 2. The van der Waals surface area contributed by atoms with Crippen LogP contribution in [0.1, 0.15) is 20.9 Å². The number of amides is 1. The minimum Gasteiger partial charge on any atom is -0.346 e. The van der Waals surface area contributed by atoms with Gasteiger partial charge in [0.05, 0.1) is 23.3 Å². The fraction of sp³-hybridized carbons (Fsp3) is 0.211. The van der Waals surface area contributed by atoms with Crippen LogP contribution < -0.4 is 5.32 Å². The first-order valence-electron chi connectivity index (χ1n) is 8.30. The minimum atomic E-state index is -0.0542. The number of thiazole rings is 1. The lowest BCUT2D eigenvalue weighted by Gasteiger charge is -2.09. The average Bonchev–Trinajstić information content (AvgIpc) is 3.33. The van der Waals surface area contributed by atoms with E-state index in [2.05, 4.69) is 21.4 Å². The lowest BCUT2D eigenvalue weighted by Crippen LogP contribution is -2.23. The van der Waals surface area contributed by atoms with Gasteiger partial charge in [-0.25, -0.2) is 4.98 Å². The molecule has 26 heavy (non-hydrogen) atoms. The second-order valence-electron chi connectivity index (χ2n) is 5.70. The molecule has 0 atom stereocenters. The number of fused-ring (bicyclic) bond motifs is 1. The zero-order valence-corrected chi connectivity index (χ0v) is 16.4. The van der Waals surface area contributed by atoms with Crippen LogP contribution in [-0.4, -0.2) is 27.6 Å². The Morgan fingerprint density at radius 3 is 2.85 bits per heavy atom. The number of nitrogens with one attached hydrogen (secondary N) is 1. The number of aliphatic imine (C=N–C) groups is 1. The predicted molar refractivity (Wildman–Crippen MR) is 113 cm³/mol. The van der Waals surface area contributed by atoms with Gasteiger partial charge in [-0.15, -0.1) is 11.3 Å². The van der Waals surface area contributed by atoms with Crippen LogP contribution in [0.15, 0.2) is 53.5 Å². The van der Waals surface area contributed by atoms with E-state index in [1.54, 1.807) is 34.9 Å². The summed E-state index contributed by atoms with van der Waals surface area (Å²) in [5.41, 5.74) is 2.74. The third-order valence-electron chi connectivity index (χ3n) is 3.91. The summed E-state index contributed by atoms with van der Waals surface area (Å²) in [5, 5.41) is 3.93. The van der Waals surface area contributed by atoms with E-state index in [0.29, 0.717) is 6.54 Å². The number of carbonyl (C=O) groups is 1. The van der Waals surface area contributed by atoms with Crippen LogP contribution in [0.4, 0.5) is 0 Å². The first-order valence-corrected chi connectivity index (χ1v) is 11.1. The fourth-order valence-corrected chi connectivity index (χ4v) is 5.58. The standard InChI is InChI=1S/C19H17N3OS3/c23-18(21-11-17-22-15-7-3-4-8-16(15)26-17)14-6-2-1-5-13(14)12-25-19-20-9-10-24-19/h1-8H,9-12H2,(H,21,23). The fourth-order valence-electron chi connectivity index (χ4n) is 2.66. The van der Waals surface area contributed by atoms with Gasteiger partial charge < -0.3 is 5.32 Å². The molecule has 0 saturated carbocycles. The second kappa shape index (κ2) is 8.24. The highest BCUT2D eigenvalue weighted by atomic mass is 32.2. The highest BCUT2D eigenvalue weighted by molar-refractivity contribution is 8.38. The van der Waals surface area contributed by atoms with E-state index in [9.17, 15) is 4.79 Å². The summed E-state index contributed by atoms with van der Waals surface area (Å²) in [4.78, 5) is 21.7. The first kappa shape index (κ1) is 17.6. The molecule has 2 aromatic carbocycles. The molecule has 132 valence electrons. The van der Waals surface area contributed by atoms with Crippen LogP contribution in [0.5, 0.6) is 0 Å². The molecule has 4 nitrogen and oxygen atoms in total. The third kappa shape index (κ3) is 4.11. The van der Waals surface area contributed by atoms with Crippen LogP contribution in [0, 0.1) is 0 Å². The average molecular weight is 400 g/mol. The smallest absolute Gasteiger partial charge is 0.251 e. The molecule has 4 rings (SSSR count). The topological polar surface area (TPSA) is 54.4 Å². The van der Waals surface area contributed by atoms with E-state index in [4.69, 9.17) is 0 Å². The molecule has 1 N–H and O–H groups in total. The van der Waals surface area contributed by atoms with Crippen LogP contribution in [0.25, 0.3) is 10.2 Å². The van der Waals surface area contributed by atoms with E-state index in [-0.39, 0.29) is 5.91 Å². The van der Waals surface area contributed by atoms with E-state index in [0.717, 1.165) is 48.8 Å². The molecule has 2 heterocycles. The number of para-hydroxylation sites is 1. The normalized spacial score (nSPS) is 13.8. The van der Waals surface area contributed by atoms with Gasteiger partial charge in [-0.1, -0.05) is 53.9 Å². The summed E-state index contributed by atoms with van der Waals surface area (Å²) in [6, 6.07) is 15.8. The molecule has 0 fully saturated rings. The van der Waals surface area contributed by atoms with Crippen LogP contribution in [0.2, 0.25) is 0 Å². The Morgan fingerprint density at radius 2 is 2.00 bits per heavy atom. The van der Waals surface area contributed by atoms with Crippen molar-refractivity contribution < 1.29 is 4.79 Å². The molecule has 7 heteroatoms. The number of thioether (sulfide) groups is 2. The van der Waals surface area contributed by atoms with Crippen molar-refractivity contribution in [2.75, 3.05) is 12.3 Å². The Morgan fingerprint density at radius 1 is 1.15 bits per heavy atom. The van der Waals surface area contributed by atoms with Crippen LogP contribution in [-0.2, 0) is 12.3 Å². The summed E-state index contributed by atoms with van der Waals surface area (Å²) >= 11 is 5.12. The van der Waals surface area contributed by atoms with Gasteiger partial charge in [0.15, 0.2) is 0 Å². The van der Waals surface area contributed by atoms with Gasteiger partial charge in [0.25, 0.3) is 5.91 Å². The van der Waals surface area contributed by atoms with Crippen molar-refractivity contribution in [3.63, 3.8) is 0 Å². The summed E-state index contributed by atoms with van der Waals surface area (Å²) in [6.07, 6.45) is 0. The van der Waals surface area contributed by atoms with Crippen molar-refractivity contribution >= 4 is 55.4 Å². The molecule has 0 radical (unpaired) electrons. The molecule has 1 aromatic heterocycles. The number of nitrogens with zero attached hydrogens (tertiary/aromatic N) is 2. The molecule has 1 aliphatic heterocycles. The largest absolute Gasteiger partial charge is 0.346 e. The number of rotatable bonds is 5. The van der Waals surface area contributed by atoms with Gasteiger partial charge in [-0.05, 0) is 23.8 Å². The van der Waals surface area contributed by atoms with E-state index in [1.165, 1.54) is 0 Å². The third-order valence-corrected chi connectivity index (χ3v) is 7.25. The Hall–Kier alpha value is -1.83. The number of carbonyl (C=O) groups excluding carboxylic acids is 1. The molecule has 1 aliphatic rings. The zero-order valence-electron chi connectivity index (χ0n) is 14.0. The van der Waals surface area contributed by atoms with E-state index < -0.39 is 0 Å². The molecule has 0 saturated heterocycles. The number of aromatic nitrogens is 1. The minimum absolute atomic E-state index is 0.0542. The van der Waals surface area contributed by atoms with Crippen molar-refractivity contribution in [2.24, 2.45) is 4.99 Å². The molecule has 1 amide bonds. The molecule has 0 unspecified atom stereocenters. The Balaban J connectivity index is 1.42. The summed E-state index contributed by atoms with van der Waals surface area (Å²) in [7, 11) is 0. The molecule has 3 aromatic rings. The quantitative estimate of drug-likeness (QED) is 0.683. The van der Waals surface area contributed by atoms with Gasteiger partial charge in [-0.2, -0.15) is 0 Å². The number of hydrogen-bond acceptors (Lipinski definition) is 6. The maximum atomic E-state index is 12.7. The summed E-state index contributed by atoms with van der Waals surface area (Å²) in [6.45, 7) is 1.35. The molecular weight excluding hydrogens is 382 g/mol. The highest BCUT2D eigenvalue weighted by Gasteiger charge is 2.14. The van der Waals surface area contributed by atoms with Gasteiger partial charge in [0.1, 0.15) is 9.38 Å². The molecule has 0 aliphatic carbocycles. The summed E-state index contributed by atoms with van der Waals surface area (Å²) in [5.74, 6) is 1.77. The van der Waals surface area contributed by atoms with Crippen molar-refractivity contribution in [2.45, 2.75) is 12.3 Å². The second-order valence-corrected chi connectivity index (χ2v) is 9.12. The number of hydrogen-bond donors (Lipinski definition) is 1. The predicted octanol–water partition coefficient (Wildman–Crippen LogP) is 4.56. The maximum absolute atomic E-state index is 12.7. The maximum Gasteiger partial charge on any atom is 0.251 e. The SMILES string of the molecule is O=C(NCc1nc2ccccc2s1)c1ccccc1CSC1=NCCS1. The van der Waals surface area contributed by atoms with Crippen molar-refractivity contribution in [1.29, 1.82) is 0 Å². The zero-order chi connectivity index (χ0) is 17.8. The van der Waals surface area contributed by atoms with Gasteiger partial charge in [-0.3, -0.25) is 9.79 Å². The Bertz CT molecular complexity index is 934. The summed E-state index contributed by atoms with van der Waals surface area (Å²) < 4.78 is 2.26. The Labute approximate surface area is 164 Å². The van der Waals surface area contributed by atoms with Crippen molar-refractivity contribution in [1.82, 2.24) is 10.3 Å². The lowest BCUT2D eigenvalue weighted by molar-refractivity contribution is 0.0950. The van der Waals surface area contributed by atoms with Gasteiger partial charge >= 0.3 is 0 Å². The highest BCUT2D eigenvalue weighted by Crippen LogP contribution is 2.26. The van der Waals surface area contributed by atoms with Gasteiger partial charge in [0.2, 0.25) is 0 Å². The molecule has 0 spiro atoms. The monoisotopic (exact) mass is 399 g/mol. The van der Waals surface area contributed by atoms with Gasteiger partial charge in [0, 0.05) is 17.1 Å². The van der Waals surface area contributed by atoms with Crippen molar-refractivity contribution in [3.05, 3.63) is 64.7 Å². The molecular formula is C19H17N3OS3. The van der Waals surface area contributed by atoms with Crippen LogP contribution >= 0.6 is 34.9 Å². The van der Waals surface area contributed by atoms with E-state index in [1.807, 2.05) is 42.5 Å². The van der Waals surface area contributed by atoms with Crippen LogP contribution in [0.3, 0.4) is 0 Å². The lowest BCUT2D eigenvalue weighted by atomic mass is 10.1. The van der Waals surface area contributed by atoms with E-state index >= 15 is 0 Å². The Kier molecular flexibility index (Phi) is 5.57. The first-order chi connectivity index (χ1) is 12.8. The van der Waals surface area contributed by atoms with Crippen molar-refractivity contribution in [3.8, 4) is 0 Å². The molecule has 0 bridgehead atoms.